The first-order valence-electron chi connectivity index (χ1n) is 7.25. The SMILES string of the molecule is Cc1nnc2n1[C@@H](CC(C)C)CN(C(=O)c1ccn[nH]1)C2. The van der Waals surface area contributed by atoms with Crippen LogP contribution in [0.5, 0.6) is 0 Å². The van der Waals surface area contributed by atoms with Crippen LogP contribution in [-0.2, 0) is 6.54 Å². The lowest BCUT2D eigenvalue weighted by molar-refractivity contribution is 0.0654. The number of aromatic amines is 1. The van der Waals surface area contributed by atoms with Crippen molar-refractivity contribution in [1.29, 1.82) is 0 Å². The van der Waals surface area contributed by atoms with Gasteiger partial charge in [0.15, 0.2) is 5.82 Å². The maximum absolute atomic E-state index is 12.5. The number of rotatable bonds is 3. The summed E-state index contributed by atoms with van der Waals surface area (Å²) < 4.78 is 2.18. The molecule has 0 aromatic carbocycles. The van der Waals surface area contributed by atoms with Crippen molar-refractivity contribution < 1.29 is 4.79 Å². The first-order chi connectivity index (χ1) is 10.1. The van der Waals surface area contributed by atoms with E-state index in [0.717, 1.165) is 18.1 Å². The molecular weight excluding hydrogens is 268 g/mol. The summed E-state index contributed by atoms with van der Waals surface area (Å²) in [5.41, 5.74) is 0.517. The summed E-state index contributed by atoms with van der Waals surface area (Å²) >= 11 is 0. The molecule has 2 aromatic heterocycles. The van der Waals surface area contributed by atoms with Gasteiger partial charge in [-0.15, -0.1) is 10.2 Å². The van der Waals surface area contributed by atoms with Crippen LogP contribution in [0.4, 0.5) is 0 Å². The van der Waals surface area contributed by atoms with Crippen molar-refractivity contribution in [2.45, 2.75) is 39.8 Å². The smallest absolute Gasteiger partial charge is 0.272 e. The van der Waals surface area contributed by atoms with E-state index >= 15 is 0 Å². The number of nitrogens with zero attached hydrogens (tertiary/aromatic N) is 5. The Labute approximate surface area is 123 Å². The van der Waals surface area contributed by atoms with Gasteiger partial charge in [-0.25, -0.2) is 0 Å². The van der Waals surface area contributed by atoms with Gasteiger partial charge in [0, 0.05) is 12.7 Å². The fourth-order valence-corrected chi connectivity index (χ4v) is 2.99. The number of carbonyl (C=O) groups is 1. The van der Waals surface area contributed by atoms with E-state index in [9.17, 15) is 4.79 Å². The van der Waals surface area contributed by atoms with Gasteiger partial charge < -0.3 is 9.47 Å². The van der Waals surface area contributed by atoms with Crippen LogP contribution in [0.1, 0.15) is 48.4 Å². The van der Waals surface area contributed by atoms with Gasteiger partial charge >= 0.3 is 0 Å². The molecule has 1 atom stereocenters. The number of amides is 1. The number of H-pyrrole nitrogens is 1. The number of hydrogen-bond acceptors (Lipinski definition) is 4. The van der Waals surface area contributed by atoms with E-state index in [1.807, 2.05) is 11.8 Å². The number of hydrogen-bond donors (Lipinski definition) is 1. The Bertz CT molecular complexity index is 630. The second-order valence-electron chi connectivity index (χ2n) is 5.97. The van der Waals surface area contributed by atoms with Crippen molar-refractivity contribution in [3.8, 4) is 0 Å². The molecule has 2 aromatic rings. The Kier molecular flexibility index (Phi) is 3.48. The second-order valence-corrected chi connectivity index (χ2v) is 5.97. The molecule has 7 heteroatoms. The summed E-state index contributed by atoms with van der Waals surface area (Å²) in [6.45, 7) is 7.52. The first-order valence-corrected chi connectivity index (χ1v) is 7.25. The van der Waals surface area contributed by atoms with E-state index < -0.39 is 0 Å². The number of aryl methyl sites for hydroxylation is 1. The van der Waals surface area contributed by atoms with Gasteiger partial charge in [-0.2, -0.15) is 5.10 Å². The average molecular weight is 288 g/mol. The third-order valence-corrected chi connectivity index (χ3v) is 3.83. The molecular formula is C14H20N6O. The van der Waals surface area contributed by atoms with Gasteiger partial charge in [0.05, 0.1) is 12.6 Å². The molecule has 0 fully saturated rings. The Morgan fingerprint density at radius 2 is 2.29 bits per heavy atom. The molecule has 1 aliphatic heterocycles. The van der Waals surface area contributed by atoms with E-state index in [1.165, 1.54) is 0 Å². The standard InChI is InChI=1S/C14H20N6O/c1-9(2)6-11-7-19(14(21)12-4-5-15-17-12)8-13-18-16-10(3)20(11)13/h4-5,9,11H,6-8H2,1-3H3,(H,15,17)/t11-/m0/s1. The van der Waals surface area contributed by atoms with Crippen LogP contribution in [-0.4, -0.2) is 42.3 Å². The molecule has 1 amide bonds. The molecule has 0 spiro atoms. The molecule has 0 saturated heterocycles. The van der Waals surface area contributed by atoms with Gasteiger partial charge in [-0.05, 0) is 25.3 Å². The van der Waals surface area contributed by atoms with Gasteiger partial charge in [0.2, 0.25) is 0 Å². The van der Waals surface area contributed by atoms with Crippen molar-refractivity contribution in [1.82, 2.24) is 29.9 Å². The minimum atomic E-state index is -0.0341. The first kappa shape index (κ1) is 13.8. The lowest BCUT2D eigenvalue weighted by atomic mass is 10.0. The molecule has 3 heterocycles. The summed E-state index contributed by atoms with van der Waals surface area (Å²) in [5, 5.41) is 15.0. The zero-order chi connectivity index (χ0) is 15.0. The van der Waals surface area contributed by atoms with Gasteiger partial charge in [0.1, 0.15) is 11.5 Å². The van der Waals surface area contributed by atoms with Crippen LogP contribution in [0.25, 0.3) is 0 Å². The lowest BCUT2D eigenvalue weighted by Crippen LogP contribution is -2.42. The Morgan fingerprint density at radius 1 is 1.48 bits per heavy atom. The number of carbonyl (C=O) groups excluding carboxylic acids is 1. The maximum atomic E-state index is 12.5. The normalized spacial score (nSPS) is 18.1. The minimum Gasteiger partial charge on any atom is -0.328 e. The molecule has 0 saturated carbocycles. The van der Waals surface area contributed by atoms with Crippen LogP contribution < -0.4 is 0 Å². The summed E-state index contributed by atoms with van der Waals surface area (Å²) in [7, 11) is 0. The summed E-state index contributed by atoms with van der Waals surface area (Å²) in [5.74, 6) is 2.29. The average Bonchev–Trinajstić information content (AvgIpc) is 3.07. The minimum absolute atomic E-state index is 0.0341. The molecule has 0 radical (unpaired) electrons. The summed E-state index contributed by atoms with van der Waals surface area (Å²) in [6, 6.07) is 1.93. The highest BCUT2D eigenvalue weighted by Gasteiger charge is 2.31. The fourth-order valence-electron chi connectivity index (χ4n) is 2.99. The molecule has 0 aliphatic carbocycles. The van der Waals surface area contributed by atoms with Crippen LogP contribution >= 0.6 is 0 Å². The summed E-state index contributed by atoms with van der Waals surface area (Å²) in [6.07, 6.45) is 2.59. The van der Waals surface area contributed by atoms with Crippen molar-refractivity contribution >= 4 is 5.91 Å². The predicted molar refractivity (Wildman–Crippen MR) is 76.6 cm³/mol. The van der Waals surface area contributed by atoms with Crippen LogP contribution in [0.15, 0.2) is 12.3 Å². The van der Waals surface area contributed by atoms with E-state index in [2.05, 4.69) is 38.8 Å². The zero-order valence-electron chi connectivity index (χ0n) is 12.6. The highest BCUT2D eigenvalue weighted by atomic mass is 16.2. The molecule has 3 rings (SSSR count). The molecule has 1 aliphatic rings. The predicted octanol–water partition coefficient (Wildman–Crippen LogP) is 1.55. The van der Waals surface area contributed by atoms with Gasteiger partial charge in [-0.1, -0.05) is 13.8 Å². The van der Waals surface area contributed by atoms with Crippen molar-refractivity contribution in [3.05, 3.63) is 29.6 Å². The van der Waals surface area contributed by atoms with Gasteiger partial charge in [0.25, 0.3) is 5.91 Å². The van der Waals surface area contributed by atoms with Crippen molar-refractivity contribution in [2.24, 2.45) is 5.92 Å². The number of aromatic nitrogens is 5. The van der Waals surface area contributed by atoms with E-state index in [0.29, 0.717) is 24.7 Å². The lowest BCUT2D eigenvalue weighted by Gasteiger charge is -2.34. The van der Waals surface area contributed by atoms with Crippen molar-refractivity contribution in [3.63, 3.8) is 0 Å². The molecule has 21 heavy (non-hydrogen) atoms. The topological polar surface area (TPSA) is 79.7 Å². The van der Waals surface area contributed by atoms with Crippen molar-refractivity contribution in [2.75, 3.05) is 6.54 Å². The number of fused-ring (bicyclic) bond motifs is 1. The monoisotopic (exact) mass is 288 g/mol. The Morgan fingerprint density at radius 3 is 2.95 bits per heavy atom. The Balaban J connectivity index is 1.88. The third kappa shape index (κ3) is 2.55. The largest absolute Gasteiger partial charge is 0.328 e. The highest BCUT2D eigenvalue weighted by molar-refractivity contribution is 5.92. The molecule has 112 valence electrons. The maximum Gasteiger partial charge on any atom is 0.272 e. The molecule has 7 nitrogen and oxygen atoms in total. The van der Waals surface area contributed by atoms with Gasteiger partial charge in [-0.3, -0.25) is 9.89 Å². The molecule has 0 bridgehead atoms. The number of nitrogens with one attached hydrogen (secondary N) is 1. The fraction of sp³-hybridized carbons (Fsp3) is 0.571. The third-order valence-electron chi connectivity index (χ3n) is 3.83. The van der Waals surface area contributed by atoms with Crippen LogP contribution in [0, 0.1) is 12.8 Å². The van der Waals surface area contributed by atoms with E-state index in [1.54, 1.807) is 12.3 Å². The van der Waals surface area contributed by atoms with E-state index in [4.69, 9.17) is 0 Å². The van der Waals surface area contributed by atoms with Crippen LogP contribution in [0.2, 0.25) is 0 Å². The highest BCUT2D eigenvalue weighted by Crippen LogP contribution is 2.27. The quantitative estimate of drug-likeness (QED) is 0.929. The second kappa shape index (κ2) is 5.31. The molecule has 0 unspecified atom stereocenters. The zero-order valence-corrected chi connectivity index (χ0v) is 12.6. The summed E-state index contributed by atoms with van der Waals surface area (Å²) in [4.78, 5) is 14.3. The molecule has 1 N–H and O–H groups in total. The van der Waals surface area contributed by atoms with Crippen LogP contribution in [0.3, 0.4) is 0 Å². The Hall–Kier alpha value is -2.18. The van der Waals surface area contributed by atoms with E-state index in [-0.39, 0.29) is 11.9 Å².